The number of hydrogen-bond donors (Lipinski definition) is 0. The van der Waals surface area contributed by atoms with Crippen molar-refractivity contribution in [2.75, 3.05) is 33.2 Å². The predicted molar refractivity (Wildman–Crippen MR) is 79.9 cm³/mol. The molecule has 1 heterocycles. The molecule has 1 aliphatic heterocycles. The van der Waals surface area contributed by atoms with Gasteiger partial charge in [0.25, 0.3) is 0 Å². The largest absolute Gasteiger partial charge is 0.304 e. The van der Waals surface area contributed by atoms with Crippen LogP contribution in [0.1, 0.15) is 31.9 Å². The molecule has 0 spiro atoms. The molecule has 2 rings (SSSR count). The molecule has 0 unspecified atom stereocenters. The molecule has 1 aliphatic rings. The van der Waals surface area contributed by atoms with Crippen molar-refractivity contribution >= 4 is 0 Å². The molecule has 0 aromatic heterocycles. The molecule has 102 valence electrons. The van der Waals surface area contributed by atoms with E-state index in [1.807, 2.05) is 13.8 Å². The van der Waals surface area contributed by atoms with Gasteiger partial charge >= 0.3 is 0 Å². The van der Waals surface area contributed by atoms with Gasteiger partial charge < -0.3 is 4.90 Å². The second kappa shape index (κ2) is 8.28. The van der Waals surface area contributed by atoms with Crippen molar-refractivity contribution in [1.29, 1.82) is 0 Å². The molecule has 1 saturated heterocycles. The van der Waals surface area contributed by atoms with Crippen LogP contribution in [0, 0.1) is 0 Å². The van der Waals surface area contributed by atoms with E-state index < -0.39 is 0 Å². The van der Waals surface area contributed by atoms with Crippen molar-refractivity contribution in [3.05, 3.63) is 35.4 Å². The molecule has 0 aliphatic carbocycles. The molecular weight excluding hydrogens is 220 g/mol. The van der Waals surface area contributed by atoms with E-state index >= 15 is 0 Å². The Kier molecular flexibility index (Phi) is 6.99. The van der Waals surface area contributed by atoms with Crippen LogP contribution in [0.15, 0.2) is 24.3 Å². The Bertz CT molecular complexity index is 310. The average molecular weight is 248 g/mol. The van der Waals surface area contributed by atoms with Gasteiger partial charge in [-0.3, -0.25) is 4.90 Å². The van der Waals surface area contributed by atoms with Crippen molar-refractivity contribution in [3.63, 3.8) is 0 Å². The zero-order valence-electron chi connectivity index (χ0n) is 12.4. The van der Waals surface area contributed by atoms with Crippen molar-refractivity contribution in [3.8, 4) is 0 Å². The van der Waals surface area contributed by atoms with E-state index in [1.54, 1.807) is 0 Å². The second-order valence-corrected chi connectivity index (χ2v) is 4.75. The predicted octanol–water partition coefficient (Wildman–Crippen LogP) is 3.02. The van der Waals surface area contributed by atoms with Gasteiger partial charge in [0.15, 0.2) is 0 Å². The Hall–Kier alpha value is -0.860. The average Bonchev–Trinajstić information content (AvgIpc) is 2.44. The maximum Gasteiger partial charge on any atom is 0.0234 e. The van der Waals surface area contributed by atoms with Gasteiger partial charge in [0.1, 0.15) is 0 Å². The van der Waals surface area contributed by atoms with Crippen LogP contribution in [0.2, 0.25) is 0 Å². The van der Waals surface area contributed by atoms with E-state index in [0.29, 0.717) is 0 Å². The van der Waals surface area contributed by atoms with Crippen LogP contribution in [0.4, 0.5) is 0 Å². The molecule has 2 nitrogen and oxygen atoms in total. The van der Waals surface area contributed by atoms with Gasteiger partial charge in [-0.25, -0.2) is 0 Å². The smallest absolute Gasteiger partial charge is 0.0234 e. The summed E-state index contributed by atoms with van der Waals surface area (Å²) in [5.74, 6) is 0. The first kappa shape index (κ1) is 15.2. The summed E-state index contributed by atoms with van der Waals surface area (Å²) in [4.78, 5) is 4.94. The third-order valence-corrected chi connectivity index (χ3v) is 3.43. The van der Waals surface area contributed by atoms with E-state index in [4.69, 9.17) is 0 Å². The number of nitrogens with zero attached hydrogens (tertiary/aromatic N) is 2. The molecule has 0 atom stereocenters. The topological polar surface area (TPSA) is 6.48 Å². The number of likely N-dealkylation sites (N-methyl/N-ethyl adjacent to an activating group) is 1. The summed E-state index contributed by atoms with van der Waals surface area (Å²) in [6, 6.07) is 9.06. The highest BCUT2D eigenvalue weighted by Crippen LogP contribution is 2.09. The molecule has 1 aromatic carbocycles. The van der Waals surface area contributed by atoms with Gasteiger partial charge in [-0.05, 0) is 24.6 Å². The van der Waals surface area contributed by atoms with Gasteiger partial charge in [-0.15, -0.1) is 0 Å². The molecule has 0 saturated carbocycles. The van der Waals surface area contributed by atoms with E-state index in [9.17, 15) is 0 Å². The second-order valence-electron chi connectivity index (χ2n) is 4.75. The highest BCUT2D eigenvalue weighted by atomic mass is 15.2. The molecule has 18 heavy (non-hydrogen) atoms. The fourth-order valence-corrected chi connectivity index (χ4v) is 2.14. The maximum absolute atomic E-state index is 2.54. The van der Waals surface area contributed by atoms with Crippen LogP contribution in [0.3, 0.4) is 0 Å². The lowest BCUT2D eigenvalue weighted by Gasteiger charge is -2.32. The summed E-state index contributed by atoms with van der Waals surface area (Å²) >= 11 is 0. The van der Waals surface area contributed by atoms with Crippen LogP contribution >= 0.6 is 0 Å². The highest BCUT2D eigenvalue weighted by molar-refractivity contribution is 5.22. The van der Waals surface area contributed by atoms with Gasteiger partial charge in [-0.2, -0.15) is 0 Å². The summed E-state index contributed by atoms with van der Waals surface area (Å²) in [6.45, 7) is 12.1. The summed E-state index contributed by atoms with van der Waals surface area (Å²) in [5, 5.41) is 0. The van der Waals surface area contributed by atoms with Gasteiger partial charge in [0, 0.05) is 32.7 Å². The first-order valence-corrected chi connectivity index (χ1v) is 7.26. The van der Waals surface area contributed by atoms with Crippen molar-refractivity contribution in [2.24, 2.45) is 0 Å². The zero-order chi connectivity index (χ0) is 13.4. The molecule has 0 bridgehead atoms. The van der Waals surface area contributed by atoms with Gasteiger partial charge in [-0.1, -0.05) is 45.0 Å². The lowest BCUT2D eigenvalue weighted by molar-refractivity contribution is 0.148. The minimum absolute atomic E-state index is 1.11. The van der Waals surface area contributed by atoms with Crippen molar-refractivity contribution in [1.82, 2.24) is 9.80 Å². The third kappa shape index (κ3) is 4.79. The Morgan fingerprint density at radius 1 is 0.889 bits per heavy atom. The fourth-order valence-electron chi connectivity index (χ4n) is 2.14. The Labute approximate surface area is 113 Å². The maximum atomic E-state index is 2.54. The molecule has 0 radical (unpaired) electrons. The minimum atomic E-state index is 1.11. The summed E-state index contributed by atoms with van der Waals surface area (Å²) < 4.78 is 0. The van der Waals surface area contributed by atoms with E-state index in [0.717, 1.165) is 13.0 Å². The van der Waals surface area contributed by atoms with Crippen LogP contribution in [0.5, 0.6) is 0 Å². The van der Waals surface area contributed by atoms with Crippen LogP contribution < -0.4 is 0 Å². The first-order chi connectivity index (χ1) is 8.78. The fraction of sp³-hybridized carbons (Fsp3) is 0.625. The normalized spacial score (nSPS) is 17.1. The Morgan fingerprint density at radius 3 is 1.89 bits per heavy atom. The summed E-state index contributed by atoms with van der Waals surface area (Å²) in [5.41, 5.74) is 2.88. The molecule has 1 fully saturated rings. The molecule has 0 N–H and O–H groups in total. The molecular formula is C16H28N2. The first-order valence-electron chi connectivity index (χ1n) is 7.26. The standard InChI is InChI=1S/C14H22N2.C2H6/c1-3-13-4-6-14(7-5-13)12-16-10-8-15(2)9-11-16;1-2/h4-7H,3,8-12H2,1-2H3;1-2H3. The third-order valence-electron chi connectivity index (χ3n) is 3.43. The summed E-state index contributed by atoms with van der Waals surface area (Å²) in [6.07, 6.45) is 1.13. The van der Waals surface area contributed by atoms with E-state index in [-0.39, 0.29) is 0 Å². The number of rotatable bonds is 3. The van der Waals surface area contributed by atoms with E-state index in [2.05, 4.69) is 48.0 Å². The van der Waals surface area contributed by atoms with E-state index in [1.165, 1.54) is 37.3 Å². The number of benzene rings is 1. The van der Waals surface area contributed by atoms with Crippen molar-refractivity contribution in [2.45, 2.75) is 33.7 Å². The number of hydrogen-bond acceptors (Lipinski definition) is 2. The zero-order valence-corrected chi connectivity index (χ0v) is 12.4. The highest BCUT2D eigenvalue weighted by Gasteiger charge is 2.13. The quantitative estimate of drug-likeness (QED) is 0.811. The van der Waals surface area contributed by atoms with Crippen LogP contribution in [-0.2, 0) is 13.0 Å². The van der Waals surface area contributed by atoms with Crippen LogP contribution in [-0.4, -0.2) is 43.0 Å². The van der Waals surface area contributed by atoms with Gasteiger partial charge in [0.05, 0.1) is 0 Å². The molecule has 0 amide bonds. The van der Waals surface area contributed by atoms with Crippen LogP contribution in [0.25, 0.3) is 0 Å². The lowest BCUT2D eigenvalue weighted by atomic mass is 10.1. The minimum Gasteiger partial charge on any atom is -0.304 e. The Balaban J connectivity index is 0.000000771. The molecule has 2 heteroatoms. The van der Waals surface area contributed by atoms with Gasteiger partial charge in [0.2, 0.25) is 0 Å². The van der Waals surface area contributed by atoms with Crippen molar-refractivity contribution < 1.29 is 0 Å². The number of piperazine rings is 1. The number of aryl methyl sites for hydroxylation is 1. The SMILES string of the molecule is CC.CCc1ccc(CN2CCN(C)CC2)cc1. The molecule has 1 aromatic rings. The lowest BCUT2D eigenvalue weighted by Crippen LogP contribution is -2.43. The Morgan fingerprint density at radius 2 is 1.39 bits per heavy atom. The monoisotopic (exact) mass is 248 g/mol. The summed E-state index contributed by atoms with van der Waals surface area (Å²) in [7, 11) is 2.20.